The summed E-state index contributed by atoms with van der Waals surface area (Å²) in [5.74, 6) is 0. The lowest BCUT2D eigenvalue weighted by Crippen LogP contribution is -2.33. The van der Waals surface area contributed by atoms with Crippen molar-refractivity contribution < 1.29 is 0 Å². The van der Waals surface area contributed by atoms with Crippen LogP contribution < -0.4 is 5.73 Å². The van der Waals surface area contributed by atoms with E-state index in [9.17, 15) is 0 Å². The van der Waals surface area contributed by atoms with Gasteiger partial charge in [-0.2, -0.15) is 0 Å². The molecule has 1 aliphatic rings. The number of hydrogen-bond acceptors (Lipinski definition) is 4. The second-order valence-electron chi connectivity index (χ2n) is 4.11. The number of thiazole rings is 1. The summed E-state index contributed by atoms with van der Waals surface area (Å²) >= 11 is 3.61. The Hall–Kier alpha value is -0.0600. The number of nitrogens with two attached hydrogens (primary N) is 1. The lowest BCUT2D eigenvalue weighted by atomic mass is 9.97. The fourth-order valence-corrected chi connectivity index (χ4v) is 4.12. The zero-order valence-corrected chi connectivity index (χ0v) is 10.5. The zero-order valence-electron chi connectivity index (χ0n) is 8.89. The third kappa shape index (κ3) is 3.47. The third-order valence-electron chi connectivity index (χ3n) is 2.92. The summed E-state index contributed by atoms with van der Waals surface area (Å²) in [6.07, 6.45) is 9.69. The van der Waals surface area contributed by atoms with Gasteiger partial charge < -0.3 is 5.73 Å². The Kier molecular flexibility index (Phi) is 4.47. The van der Waals surface area contributed by atoms with Crippen LogP contribution in [0.25, 0.3) is 0 Å². The van der Waals surface area contributed by atoms with Crippen molar-refractivity contribution in [3.05, 3.63) is 11.6 Å². The molecule has 4 heteroatoms. The average Bonchev–Trinajstić information content (AvgIpc) is 2.70. The van der Waals surface area contributed by atoms with Gasteiger partial charge in [0.15, 0.2) is 0 Å². The van der Waals surface area contributed by atoms with Crippen LogP contribution in [-0.4, -0.2) is 16.3 Å². The molecular formula is C11H18N2S2. The van der Waals surface area contributed by atoms with Crippen LogP contribution in [0, 0.1) is 0 Å². The minimum atomic E-state index is 0.360. The number of aromatic nitrogens is 1. The van der Waals surface area contributed by atoms with Crippen LogP contribution in [0.2, 0.25) is 0 Å². The van der Waals surface area contributed by atoms with Crippen LogP contribution >= 0.6 is 23.1 Å². The molecule has 0 amide bonds. The highest BCUT2D eigenvalue weighted by Gasteiger charge is 2.21. The van der Waals surface area contributed by atoms with Gasteiger partial charge in [0.05, 0.1) is 0 Å². The van der Waals surface area contributed by atoms with Crippen molar-refractivity contribution in [2.45, 2.75) is 54.2 Å². The summed E-state index contributed by atoms with van der Waals surface area (Å²) < 4.78 is 1.18. The Morgan fingerprint density at radius 1 is 1.27 bits per heavy atom. The molecule has 1 saturated carbocycles. The molecule has 1 fully saturated rings. The largest absolute Gasteiger partial charge is 0.327 e. The van der Waals surface area contributed by atoms with E-state index in [1.54, 1.807) is 11.3 Å². The predicted molar refractivity (Wildman–Crippen MR) is 67.4 cm³/mol. The van der Waals surface area contributed by atoms with Gasteiger partial charge in [-0.15, -0.1) is 11.3 Å². The summed E-state index contributed by atoms with van der Waals surface area (Å²) in [6, 6.07) is 0.360. The third-order valence-corrected chi connectivity index (χ3v) is 5.25. The molecule has 2 nitrogen and oxygen atoms in total. The predicted octanol–water partition coefficient (Wildman–Crippen LogP) is 3.29. The monoisotopic (exact) mass is 242 g/mol. The SMILES string of the molecule is NC1CCCCCCC1Sc1nccs1. The standard InChI is InChI=1S/C11H18N2S2/c12-9-5-3-1-2-4-6-10(9)15-11-13-7-8-14-11/h7-10H,1-6,12H2. The Morgan fingerprint density at radius 3 is 2.80 bits per heavy atom. The fourth-order valence-electron chi connectivity index (χ4n) is 2.02. The number of thioether (sulfide) groups is 1. The maximum atomic E-state index is 6.22. The Balaban J connectivity index is 1.92. The molecule has 2 unspecified atom stereocenters. The summed E-state index contributed by atoms with van der Waals surface area (Å²) in [5, 5.41) is 2.62. The van der Waals surface area contributed by atoms with Crippen molar-refractivity contribution in [1.82, 2.24) is 4.98 Å². The van der Waals surface area contributed by atoms with Gasteiger partial charge in [0.25, 0.3) is 0 Å². The van der Waals surface area contributed by atoms with Crippen LogP contribution in [0.1, 0.15) is 38.5 Å². The van der Waals surface area contributed by atoms with Crippen molar-refractivity contribution in [2.24, 2.45) is 5.73 Å². The first-order chi connectivity index (χ1) is 7.36. The molecule has 2 atom stereocenters. The molecule has 0 aliphatic heterocycles. The second kappa shape index (κ2) is 5.87. The summed E-state index contributed by atoms with van der Waals surface area (Å²) in [5.41, 5.74) is 6.22. The van der Waals surface area contributed by atoms with Crippen molar-refractivity contribution in [1.29, 1.82) is 0 Å². The van der Waals surface area contributed by atoms with Crippen LogP contribution in [0.3, 0.4) is 0 Å². The molecule has 1 aromatic rings. The maximum Gasteiger partial charge on any atom is 0.150 e. The maximum absolute atomic E-state index is 6.22. The Labute approximate surface area is 99.7 Å². The first-order valence-corrected chi connectivity index (χ1v) is 7.44. The minimum Gasteiger partial charge on any atom is -0.327 e. The van der Waals surface area contributed by atoms with Gasteiger partial charge in [-0.1, -0.05) is 37.4 Å². The first-order valence-electron chi connectivity index (χ1n) is 5.68. The topological polar surface area (TPSA) is 38.9 Å². The van der Waals surface area contributed by atoms with E-state index in [0.717, 1.165) is 0 Å². The van der Waals surface area contributed by atoms with Crippen LogP contribution in [-0.2, 0) is 0 Å². The van der Waals surface area contributed by atoms with Gasteiger partial charge in [0.2, 0.25) is 0 Å². The lowest BCUT2D eigenvalue weighted by Gasteiger charge is -2.24. The fraction of sp³-hybridized carbons (Fsp3) is 0.727. The van der Waals surface area contributed by atoms with E-state index in [1.807, 2.05) is 23.3 Å². The first kappa shape index (κ1) is 11.4. The molecule has 1 aromatic heterocycles. The molecule has 15 heavy (non-hydrogen) atoms. The van der Waals surface area contributed by atoms with Gasteiger partial charge in [0, 0.05) is 22.9 Å². The zero-order chi connectivity index (χ0) is 10.5. The molecule has 2 rings (SSSR count). The normalized spacial score (nSPS) is 28.3. The van der Waals surface area contributed by atoms with E-state index in [1.165, 1.54) is 42.9 Å². The van der Waals surface area contributed by atoms with Crippen molar-refractivity contribution in [3.8, 4) is 0 Å². The quantitative estimate of drug-likeness (QED) is 0.865. The van der Waals surface area contributed by atoms with Gasteiger partial charge in [-0.25, -0.2) is 4.98 Å². The van der Waals surface area contributed by atoms with Gasteiger partial charge in [-0.05, 0) is 12.8 Å². The van der Waals surface area contributed by atoms with Crippen molar-refractivity contribution in [3.63, 3.8) is 0 Å². The van der Waals surface area contributed by atoms with E-state index in [0.29, 0.717) is 11.3 Å². The molecule has 1 heterocycles. The molecule has 0 spiro atoms. The highest BCUT2D eigenvalue weighted by atomic mass is 32.2. The Morgan fingerprint density at radius 2 is 2.07 bits per heavy atom. The average molecular weight is 242 g/mol. The minimum absolute atomic E-state index is 0.360. The smallest absolute Gasteiger partial charge is 0.150 e. The summed E-state index contributed by atoms with van der Waals surface area (Å²) in [6.45, 7) is 0. The molecule has 0 radical (unpaired) electrons. The lowest BCUT2D eigenvalue weighted by molar-refractivity contribution is 0.463. The van der Waals surface area contributed by atoms with E-state index >= 15 is 0 Å². The van der Waals surface area contributed by atoms with E-state index in [2.05, 4.69) is 4.98 Å². The molecule has 0 aromatic carbocycles. The van der Waals surface area contributed by atoms with Crippen molar-refractivity contribution in [2.75, 3.05) is 0 Å². The highest BCUT2D eigenvalue weighted by molar-refractivity contribution is 8.01. The summed E-state index contributed by atoms with van der Waals surface area (Å²) in [4.78, 5) is 4.32. The molecule has 0 bridgehead atoms. The van der Waals surface area contributed by atoms with Gasteiger partial charge >= 0.3 is 0 Å². The highest BCUT2D eigenvalue weighted by Crippen LogP contribution is 2.32. The molecular weight excluding hydrogens is 224 g/mol. The number of nitrogens with zero attached hydrogens (tertiary/aromatic N) is 1. The van der Waals surface area contributed by atoms with E-state index < -0.39 is 0 Å². The molecule has 1 aliphatic carbocycles. The van der Waals surface area contributed by atoms with E-state index in [-0.39, 0.29) is 0 Å². The summed E-state index contributed by atoms with van der Waals surface area (Å²) in [7, 11) is 0. The van der Waals surface area contributed by atoms with Crippen molar-refractivity contribution >= 4 is 23.1 Å². The van der Waals surface area contributed by atoms with E-state index in [4.69, 9.17) is 5.73 Å². The number of hydrogen-bond donors (Lipinski definition) is 1. The molecule has 0 saturated heterocycles. The number of rotatable bonds is 2. The second-order valence-corrected chi connectivity index (χ2v) is 6.49. The molecule has 2 N–H and O–H groups in total. The molecule has 84 valence electrons. The van der Waals surface area contributed by atoms with Crippen LogP contribution in [0.5, 0.6) is 0 Å². The van der Waals surface area contributed by atoms with Gasteiger partial charge in [-0.3, -0.25) is 0 Å². The Bertz CT molecular complexity index is 274. The van der Waals surface area contributed by atoms with Crippen LogP contribution in [0.4, 0.5) is 0 Å². The van der Waals surface area contributed by atoms with Crippen LogP contribution in [0.15, 0.2) is 15.9 Å². The van der Waals surface area contributed by atoms with Gasteiger partial charge in [0.1, 0.15) is 4.34 Å².